The van der Waals surface area contributed by atoms with Crippen molar-refractivity contribution in [3.63, 3.8) is 0 Å². The van der Waals surface area contributed by atoms with Crippen molar-refractivity contribution in [2.75, 3.05) is 13.2 Å². The number of hydrogen-bond acceptors (Lipinski definition) is 4. The van der Waals surface area contributed by atoms with Crippen LogP contribution in [0, 0.1) is 0 Å². The van der Waals surface area contributed by atoms with Gasteiger partial charge in [0.1, 0.15) is 24.4 Å². The van der Waals surface area contributed by atoms with Gasteiger partial charge in [0.15, 0.2) is 8.32 Å². The van der Waals surface area contributed by atoms with Crippen molar-refractivity contribution in [3.05, 3.63) is 0 Å². The molecule has 0 aromatic rings. The summed E-state index contributed by atoms with van der Waals surface area (Å²) < 4.78 is 16.9. The van der Waals surface area contributed by atoms with E-state index in [-0.39, 0.29) is 23.4 Å². The summed E-state index contributed by atoms with van der Waals surface area (Å²) in [5, 5.41) is 10.1. The molecule has 2 aliphatic heterocycles. The van der Waals surface area contributed by atoms with Crippen LogP contribution < -0.4 is 0 Å². The summed E-state index contributed by atoms with van der Waals surface area (Å²) >= 11 is 0. The van der Waals surface area contributed by atoms with Crippen molar-refractivity contribution in [1.82, 2.24) is 0 Å². The number of epoxide rings is 1. The quantitative estimate of drug-likeness (QED) is 0.618. The molecular weight excluding hydrogens is 236 g/mol. The van der Waals surface area contributed by atoms with Crippen molar-refractivity contribution in [1.29, 1.82) is 0 Å². The zero-order valence-electron chi connectivity index (χ0n) is 11.4. The third-order valence-corrected chi connectivity index (χ3v) is 8.73. The fourth-order valence-corrected chi connectivity index (χ4v) is 2.79. The summed E-state index contributed by atoms with van der Waals surface area (Å²) in [6.45, 7) is 12.1. The van der Waals surface area contributed by atoms with Gasteiger partial charge >= 0.3 is 0 Å². The van der Waals surface area contributed by atoms with E-state index in [0.717, 1.165) is 0 Å². The van der Waals surface area contributed by atoms with E-state index < -0.39 is 14.4 Å². The number of fused-ring (bicyclic) bond motifs is 1. The molecule has 5 heteroatoms. The summed E-state index contributed by atoms with van der Waals surface area (Å²) in [6.07, 6.45) is -0.655. The van der Waals surface area contributed by atoms with E-state index in [1.54, 1.807) is 0 Å². The molecule has 4 nitrogen and oxygen atoms in total. The average Bonchev–Trinajstić information content (AvgIpc) is 2.95. The Kier molecular flexibility index (Phi) is 3.42. The minimum absolute atomic E-state index is 0.0169. The number of aliphatic hydroxyl groups is 1. The van der Waals surface area contributed by atoms with Gasteiger partial charge in [0.05, 0.1) is 13.2 Å². The molecule has 17 heavy (non-hydrogen) atoms. The van der Waals surface area contributed by atoms with Crippen LogP contribution in [0.3, 0.4) is 0 Å². The van der Waals surface area contributed by atoms with Crippen molar-refractivity contribution in [2.24, 2.45) is 0 Å². The second kappa shape index (κ2) is 4.31. The van der Waals surface area contributed by atoms with E-state index in [2.05, 4.69) is 33.9 Å². The largest absolute Gasteiger partial charge is 0.414 e. The summed E-state index contributed by atoms with van der Waals surface area (Å²) in [6, 6.07) is 0. The summed E-state index contributed by atoms with van der Waals surface area (Å²) in [4.78, 5) is 0. The first-order valence-electron chi connectivity index (χ1n) is 6.31. The normalized spacial score (nSPS) is 37.8. The molecule has 1 N–H and O–H groups in total. The smallest absolute Gasteiger partial charge is 0.192 e. The highest BCUT2D eigenvalue weighted by molar-refractivity contribution is 6.74. The van der Waals surface area contributed by atoms with Gasteiger partial charge in [0, 0.05) is 0 Å². The highest BCUT2D eigenvalue weighted by Gasteiger charge is 2.52. The van der Waals surface area contributed by atoms with Crippen LogP contribution in [0.15, 0.2) is 0 Å². The van der Waals surface area contributed by atoms with Crippen LogP contribution in [0.1, 0.15) is 20.8 Å². The molecule has 2 fully saturated rings. The topological polar surface area (TPSA) is 51.2 Å². The first-order valence-corrected chi connectivity index (χ1v) is 9.22. The fourth-order valence-electron chi connectivity index (χ4n) is 1.77. The van der Waals surface area contributed by atoms with Gasteiger partial charge in [-0.05, 0) is 18.1 Å². The molecule has 0 aromatic carbocycles. The minimum atomic E-state index is -1.76. The Morgan fingerprint density at radius 1 is 1.35 bits per heavy atom. The molecule has 2 rings (SSSR count). The Morgan fingerprint density at radius 2 is 2.00 bits per heavy atom. The maximum atomic E-state index is 9.96. The van der Waals surface area contributed by atoms with Crippen LogP contribution in [0.5, 0.6) is 0 Å². The highest BCUT2D eigenvalue weighted by Crippen LogP contribution is 2.38. The van der Waals surface area contributed by atoms with Crippen LogP contribution >= 0.6 is 0 Å². The van der Waals surface area contributed by atoms with E-state index in [0.29, 0.717) is 13.2 Å². The fraction of sp³-hybridized carbons (Fsp3) is 1.00. The van der Waals surface area contributed by atoms with E-state index in [1.165, 1.54) is 0 Å². The van der Waals surface area contributed by atoms with E-state index in [9.17, 15) is 5.11 Å². The lowest BCUT2D eigenvalue weighted by Crippen LogP contribution is -2.48. The zero-order valence-corrected chi connectivity index (χ0v) is 12.4. The lowest BCUT2D eigenvalue weighted by Gasteiger charge is -2.38. The van der Waals surface area contributed by atoms with E-state index in [4.69, 9.17) is 13.9 Å². The predicted molar refractivity (Wildman–Crippen MR) is 67.6 cm³/mol. The number of hydrogen-bond donors (Lipinski definition) is 1. The Labute approximate surface area is 104 Å². The molecule has 100 valence electrons. The molecule has 2 aliphatic rings. The van der Waals surface area contributed by atoms with Crippen molar-refractivity contribution < 1.29 is 19.0 Å². The molecule has 0 radical (unpaired) electrons. The van der Waals surface area contributed by atoms with Crippen LogP contribution in [0.25, 0.3) is 0 Å². The zero-order chi connectivity index (χ0) is 12.8. The predicted octanol–water partition coefficient (Wildman–Crippen LogP) is 1.54. The van der Waals surface area contributed by atoms with Crippen molar-refractivity contribution in [3.8, 4) is 0 Å². The Morgan fingerprint density at radius 3 is 2.59 bits per heavy atom. The monoisotopic (exact) mass is 260 g/mol. The Bertz CT molecular complexity index is 287. The first kappa shape index (κ1) is 13.5. The number of aliphatic hydroxyl groups excluding tert-OH is 1. The molecule has 0 bridgehead atoms. The minimum Gasteiger partial charge on any atom is -0.414 e. The molecule has 0 aliphatic carbocycles. The highest BCUT2D eigenvalue weighted by atomic mass is 28.4. The number of ether oxygens (including phenoxy) is 2. The molecule has 0 saturated carbocycles. The average molecular weight is 260 g/mol. The maximum absolute atomic E-state index is 9.96. The maximum Gasteiger partial charge on any atom is 0.192 e. The van der Waals surface area contributed by atoms with E-state index >= 15 is 0 Å². The molecule has 4 atom stereocenters. The molecule has 0 aromatic heterocycles. The number of rotatable bonds is 3. The van der Waals surface area contributed by atoms with Gasteiger partial charge in [-0.1, -0.05) is 20.8 Å². The van der Waals surface area contributed by atoms with Crippen molar-refractivity contribution in [2.45, 2.75) is 63.3 Å². The van der Waals surface area contributed by atoms with Crippen LogP contribution in [0.2, 0.25) is 18.1 Å². The van der Waals surface area contributed by atoms with Gasteiger partial charge in [-0.2, -0.15) is 0 Å². The van der Waals surface area contributed by atoms with Gasteiger partial charge < -0.3 is 19.0 Å². The van der Waals surface area contributed by atoms with Crippen LogP contribution in [-0.4, -0.2) is 51.1 Å². The molecule has 0 amide bonds. The lowest BCUT2D eigenvalue weighted by atomic mass is 10.1. The molecule has 0 spiro atoms. The second-order valence-electron chi connectivity index (χ2n) is 6.57. The SMILES string of the molecule is CC(C)(C)[Si](C)(C)OC[C@@H]1OC[C@@H]2O[C@@H]2[C@@H]1O. The third-order valence-electron chi connectivity index (χ3n) is 4.23. The third kappa shape index (κ3) is 2.74. The molecule has 0 unspecified atom stereocenters. The summed E-state index contributed by atoms with van der Waals surface area (Å²) in [5.74, 6) is 0. The van der Waals surface area contributed by atoms with Gasteiger partial charge in [0.2, 0.25) is 0 Å². The molecule has 2 saturated heterocycles. The van der Waals surface area contributed by atoms with Gasteiger partial charge in [0.25, 0.3) is 0 Å². The summed E-state index contributed by atoms with van der Waals surface area (Å²) in [5.41, 5.74) is 0. The van der Waals surface area contributed by atoms with Crippen LogP contribution in [-0.2, 0) is 13.9 Å². The van der Waals surface area contributed by atoms with Crippen molar-refractivity contribution >= 4 is 8.32 Å². The summed E-state index contributed by atoms with van der Waals surface area (Å²) in [7, 11) is -1.76. The standard InChI is InChI=1S/C12H24O4Si/c1-12(2,3)17(4,5)15-7-8-10(13)11-9(16-11)6-14-8/h8-11,13H,6-7H2,1-5H3/t8-,9-,10+,11-/m0/s1. The first-order chi connectivity index (χ1) is 7.72. The van der Waals surface area contributed by atoms with Crippen LogP contribution in [0.4, 0.5) is 0 Å². The lowest BCUT2D eigenvalue weighted by molar-refractivity contribution is -0.0782. The van der Waals surface area contributed by atoms with Gasteiger partial charge in [-0.15, -0.1) is 0 Å². The Balaban J connectivity index is 1.85. The Hall–Kier alpha value is 0.0569. The second-order valence-corrected chi connectivity index (χ2v) is 11.4. The van der Waals surface area contributed by atoms with Gasteiger partial charge in [-0.25, -0.2) is 0 Å². The molecular formula is C12H24O4Si. The van der Waals surface area contributed by atoms with Gasteiger partial charge in [-0.3, -0.25) is 0 Å². The van der Waals surface area contributed by atoms with E-state index in [1.807, 2.05) is 0 Å². The molecule has 2 heterocycles.